The third-order valence-corrected chi connectivity index (χ3v) is 4.90. The number of hydrogen-bond donors (Lipinski definition) is 2. The minimum absolute atomic E-state index is 0.0566. The van der Waals surface area contributed by atoms with Crippen LogP contribution in [0.2, 0.25) is 0 Å². The normalized spacial score (nSPS) is 19.2. The summed E-state index contributed by atoms with van der Waals surface area (Å²) in [7, 11) is 0. The molecule has 130 valence electrons. The molecule has 1 aliphatic heterocycles. The molecule has 1 aliphatic rings. The molecule has 0 saturated carbocycles. The maximum absolute atomic E-state index is 6.01. The summed E-state index contributed by atoms with van der Waals surface area (Å²) in [6.45, 7) is 2.89. The Morgan fingerprint density at radius 3 is 2.88 bits per heavy atom. The van der Waals surface area contributed by atoms with Gasteiger partial charge in [0.2, 0.25) is 5.95 Å². The van der Waals surface area contributed by atoms with Crippen LogP contribution in [0, 0.1) is 0 Å². The van der Waals surface area contributed by atoms with Gasteiger partial charge in [-0.3, -0.25) is 0 Å². The number of hydrogen-bond acceptors (Lipinski definition) is 6. The minimum atomic E-state index is 0.0566. The lowest BCUT2D eigenvalue weighted by Crippen LogP contribution is -2.17. The van der Waals surface area contributed by atoms with Gasteiger partial charge in [0.1, 0.15) is 12.0 Å². The topological polar surface area (TPSA) is 105 Å². The Balaban J connectivity index is 1.67. The average Bonchev–Trinajstić information content (AvgIpc) is 3.05. The molecule has 1 fully saturated rings. The molecule has 4 rings (SSSR count). The molecule has 0 spiro atoms. The van der Waals surface area contributed by atoms with Crippen molar-refractivity contribution < 1.29 is 4.74 Å². The Bertz CT molecular complexity index is 900. The van der Waals surface area contributed by atoms with Crippen LogP contribution in [0.15, 0.2) is 30.7 Å². The number of benzene rings is 1. The first-order valence-electron chi connectivity index (χ1n) is 8.59. The highest BCUT2D eigenvalue weighted by molar-refractivity contribution is 5.76. The lowest BCUT2D eigenvalue weighted by molar-refractivity contribution is -0.0295. The molecule has 1 saturated heterocycles. The summed E-state index contributed by atoms with van der Waals surface area (Å²) in [6, 6.07) is 6.29. The molecule has 7 nitrogen and oxygen atoms in total. The number of anilines is 2. The van der Waals surface area contributed by atoms with Crippen LogP contribution in [0.3, 0.4) is 0 Å². The van der Waals surface area contributed by atoms with E-state index < -0.39 is 0 Å². The largest absolute Gasteiger partial charge is 0.383 e. The van der Waals surface area contributed by atoms with Gasteiger partial charge in [-0.05, 0) is 37.0 Å². The van der Waals surface area contributed by atoms with Gasteiger partial charge in [0.15, 0.2) is 0 Å². The van der Waals surface area contributed by atoms with Crippen molar-refractivity contribution in [3.8, 4) is 0 Å². The Labute approximate surface area is 146 Å². The molecule has 2 unspecified atom stereocenters. The van der Waals surface area contributed by atoms with Gasteiger partial charge in [-0.15, -0.1) is 0 Å². The van der Waals surface area contributed by atoms with E-state index in [1.807, 2.05) is 6.33 Å². The van der Waals surface area contributed by atoms with Crippen molar-refractivity contribution in [1.82, 2.24) is 19.5 Å². The molecular formula is C18H22N6O. The molecule has 4 N–H and O–H groups in total. The molecule has 0 radical (unpaired) electrons. The van der Waals surface area contributed by atoms with E-state index in [0.717, 1.165) is 41.6 Å². The molecule has 0 aliphatic carbocycles. The van der Waals surface area contributed by atoms with Gasteiger partial charge in [-0.1, -0.05) is 13.0 Å². The van der Waals surface area contributed by atoms with Crippen LogP contribution in [0.4, 0.5) is 11.8 Å². The molecule has 3 aromatic rings. The third-order valence-electron chi connectivity index (χ3n) is 4.90. The molecule has 25 heavy (non-hydrogen) atoms. The summed E-state index contributed by atoms with van der Waals surface area (Å²) in [6.07, 6.45) is 7.01. The number of fused-ring (bicyclic) bond motifs is 1. The standard InChI is InChI=1S/C18H22N6O/c1-11(13-9-21-18(20)23-17(13)19)12-5-6-15-14(8-12)22-10-24(15)16-4-2-3-7-25-16/h5-6,8-11,16H,2-4,7H2,1H3,(H4,19,20,21,23). The fourth-order valence-electron chi connectivity index (χ4n) is 3.42. The summed E-state index contributed by atoms with van der Waals surface area (Å²) in [5.74, 6) is 0.664. The Kier molecular flexibility index (Phi) is 4.01. The summed E-state index contributed by atoms with van der Waals surface area (Å²) in [5.41, 5.74) is 15.6. The zero-order valence-corrected chi connectivity index (χ0v) is 14.2. The van der Waals surface area contributed by atoms with Crippen LogP contribution in [0.25, 0.3) is 11.0 Å². The number of rotatable bonds is 3. The van der Waals surface area contributed by atoms with Crippen LogP contribution < -0.4 is 11.5 Å². The average molecular weight is 338 g/mol. The maximum Gasteiger partial charge on any atom is 0.221 e. The van der Waals surface area contributed by atoms with Gasteiger partial charge in [0.25, 0.3) is 0 Å². The first-order valence-corrected chi connectivity index (χ1v) is 8.59. The molecule has 0 bridgehead atoms. The minimum Gasteiger partial charge on any atom is -0.383 e. The van der Waals surface area contributed by atoms with Crippen molar-refractivity contribution in [2.75, 3.05) is 18.1 Å². The fourth-order valence-corrected chi connectivity index (χ4v) is 3.42. The van der Waals surface area contributed by atoms with Crippen molar-refractivity contribution >= 4 is 22.8 Å². The number of ether oxygens (including phenoxy) is 1. The first-order chi connectivity index (χ1) is 12.1. The SMILES string of the molecule is CC(c1ccc2c(c1)ncn2C1CCCCO1)c1cnc(N)nc1N. The fraction of sp³-hybridized carbons (Fsp3) is 0.389. The number of aromatic nitrogens is 4. The monoisotopic (exact) mass is 338 g/mol. The van der Waals surface area contributed by atoms with E-state index in [1.165, 1.54) is 6.42 Å². The van der Waals surface area contributed by atoms with E-state index in [-0.39, 0.29) is 18.1 Å². The van der Waals surface area contributed by atoms with Gasteiger partial charge >= 0.3 is 0 Å². The van der Waals surface area contributed by atoms with E-state index in [0.29, 0.717) is 5.82 Å². The predicted molar refractivity (Wildman–Crippen MR) is 96.9 cm³/mol. The van der Waals surface area contributed by atoms with E-state index in [4.69, 9.17) is 16.2 Å². The maximum atomic E-state index is 6.01. The zero-order chi connectivity index (χ0) is 17.4. The molecular weight excluding hydrogens is 316 g/mol. The van der Waals surface area contributed by atoms with Crippen LogP contribution in [0.1, 0.15) is 49.5 Å². The van der Waals surface area contributed by atoms with Crippen molar-refractivity contribution in [1.29, 1.82) is 0 Å². The quantitative estimate of drug-likeness (QED) is 0.761. The van der Waals surface area contributed by atoms with E-state index >= 15 is 0 Å². The zero-order valence-electron chi connectivity index (χ0n) is 14.2. The highest BCUT2D eigenvalue weighted by Gasteiger charge is 2.19. The number of nitrogen functional groups attached to an aromatic ring is 2. The van der Waals surface area contributed by atoms with Gasteiger partial charge in [-0.25, -0.2) is 9.97 Å². The van der Waals surface area contributed by atoms with Gasteiger partial charge in [0.05, 0.1) is 17.4 Å². The predicted octanol–water partition coefficient (Wildman–Crippen LogP) is 2.84. The lowest BCUT2D eigenvalue weighted by atomic mass is 9.94. The molecule has 3 heterocycles. The van der Waals surface area contributed by atoms with E-state index in [2.05, 4.69) is 44.6 Å². The highest BCUT2D eigenvalue weighted by Crippen LogP contribution is 2.31. The second-order valence-electron chi connectivity index (χ2n) is 6.51. The van der Waals surface area contributed by atoms with Gasteiger partial charge in [-0.2, -0.15) is 4.98 Å². The van der Waals surface area contributed by atoms with Crippen molar-refractivity contribution in [2.45, 2.75) is 38.3 Å². The number of nitrogens with zero attached hydrogens (tertiary/aromatic N) is 4. The van der Waals surface area contributed by atoms with Crippen molar-refractivity contribution in [3.63, 3.8) is 0 Å². The van der Waals surface area contributed by atoms with E-state index in [9.17, 15) is 0 Å². The van der Waals surface area contributed by atoms with Crippen LogP contribution in [0.5, 0.6) is 0 Å². The molecule has 7 heteroatoms. The van der Waals surface area contributed by atoms with Crippen LogP contribution >= 0.6 is 0 Å². The lowest BCUT2D eigenvalue weighted by Gasteiger charge is -2.24. The van der Waals surface area contributed by atoms with E-state index in [1.54, 1.807) is 6.20 Å². The summed E-state index contributed by atoms with van der Waals surface area (Å²) in [5, 5.41) is 0. The smallest absolute Gasteiger partial charge is 0.221 e. The summed E-state index contributed by atoms with van der Waals surface area (Å²) < 4.78 is 8.01. The Morgan fingerprint density at radius 2 is 2.12 bits per heavy atom. The molecule has 2 aromatic heterocycles. The third kappa shape index (κ3) is 2.91. The van der Waals surface area contributed by atoms with Crippen molar-refractivity contribution in [2.24, 2.45) is 0 Å². The molecule has 2 atom stereocenters. The van der Waals surface area contributed by atoms with Crippen molar-refractivity contribution in [3.05, 3.63) is 41.9 Å². The van der Waals surface area contributed by atoms with Crippen LogP contribution in [-0.2, 0) is 4.74 Å². The van der Waals surface area contributed by atoms with Gasteiger partial charge in [0, 0.05) is 24.3 Å². The first kappa shape index (κ1) is 15.8. The Hall–Kier alpha value is -2.67. The molecule has 1 aromatic carbocycles. The van der Waals surface area contributed by atoms with Gasteiger partial charge < -0.3 is 20.8 Å². The highest BCUT2D eigenvalue weighted by atomic mass is 16.5. The second kappa shape index (κ2) is 6.33. The number of imidazole rings is 1. The summed E-state index contributed by atoms with van der Waals surface area (Å²) in [4.78, 5) is 12.7. The van der Waals surface area contributed by atoms with Crippen LogP contribution in [-0.4, -0.2) is 26.1 Å². The second-order valence-corrected chi connectivity index (χ2v) is 6.51. The Morgan fingerprint density at radius 1 is 1.24 bits per heavy atom. The molecule has 0 amide bonds. The number of nitrogens with two attached hydrogens (primary N) is 2. The summed E-state index contributed by atoms with van der Waals surface area (Å²) >= 11 is 0.